The molecule has 0 aromatic heterocycles. The lowest BCUT2D eigenvalue weighted by atomic mass is 10.0. The Bertz CT molecular complexity index is 361. The molecule has 1 rings (SSSR count). The van der Waals surface area contributed by atoms with Gasteiger partial charge in [0, 0.05) is 5.56 Å². The van der Waals surface area contributed by atoms with Gasteiger partial charge in [-0.25, -0.2) is 0 Å². The van der Waals surface area contributed by atoms with Crippen LogP contribution in [0.3, 0.4) is 0 Å². The Labute approximate surface area is 78.3 Å². The fourth-order valence-corrected chi connectivity index (χ4v) is 1.02. The maximum absolute atomic E-state index is 9.15. The van der Waals surface area contributed by atoms with Crippen LogP contribution in [-0.4, -0.2) is 5.11 Å². The van der Waals surface area contributed by atoms with Crippen molar-refractivity contribution in [2.75, 3.05) is 0 Å². The summed E-state index contributed by atoms with van der Waals surface area (Å²) in [5, 5.41) is 9.15. The van der Waals surface area contributed by atoms with Crippen LogP contribution in [-0.2, 0) is 0 Å². The van der Waals surface area contributed by atoms with Crippen LogP contribution in [0.2, 0.25) is 0 Å². The van der Waals surface area contributed by atoms with Gasteiger partial charge in [0.2, 0.25) is 0 Å². The summed E-state index contributed by atoms with van der Waals surface area (Å²) >= 11 is 0. The molecule has 13 heavy (non-hydrogen) atoms. The topological polar surface area (TPSA) is 20.2 Å². The summed E-state index contributed by atoms with van der Waals surface area (Å²) in [5.41, 5.74) is 2.49. The first-order chi connectivity index (χ1) is 6.15. The lowest BCUT2D eigenvalue weighted by Gasteiger charge is -2.03. The second-order valence-corrected chi connectivity index (χ2v) is 2.76. The summed E-state index contributed by atoms with van der Waals surface area (Å²) in [7, 11) is 0. The molecule has 0 saturated heterocycles. The highest BCUT2D eigenvalue weighted by molar-refractivity contribution is 5.73. The smallest absolute Gasteiger partial charge is 0.115 e. The van der Waals surface area contributed by atoms with Gasteiger partial charge in [-0.1, -0.05) is 44.0 Å². The number of aliphatic hydroxyl groups is 1. The van der Waals surface area contributed by atoms with Crippen LogP contribution in [0.1, 0.15) is 11.1 Å². The number of hydrogen-bond acceptors (Lipinski definition) is 1. The van der Waals surface area contributed by atoms with Crippen molar-refractivity contribution in [1.29, 1.82) is 0 Å². The van der Waals surface area contributed by atoms with E-state index in [0.29, 0.717) is 5.56 Å². The molecule has 1 aromatic rings. The van der Waals surface area contributed by atoms with Gasteiger partial charge in [0.05, 0.1) is 0 Å². The molecule has 0 heterocycles. The number of allylic oxidation sites excluding steroid dienone is 2. The van der Waals surface area contributed by atoms with E-state index in [9.17, 15) is 0 Å². The average Bonchev–Trinajstić information content (AvgIpc) is 2.17. The number of aliphatic hydroxyl groups excluding tert-OH is 1. The zero-order valence-corrected chi connectivity index (χ0v) is 7.46. The minimum atomic E-state index is 0.0683. The van der Waals surface area contributed by atoms with Crippen LogP contribution < -0.4 is 0 Å². The molecule has 0 aliphatic carbocycles. The fourth-order valence-electron chi connectivity index (χ4n) is 1.02. The zero-order chi connectivity index (χ0) is 9.84. The quantitative estimate of drug-likeness (QED) is 0.547. The van der Waals surface area contributed by atoms with Crippen LogP contribution in [0.25, 0.3) is 11.3 Å². The van der Waals surface area contributed by atoms with Gasteiger partial charge in [-0.3, -0.25) is 0 Å². The molecule has 1 heteroatoms. The van der Waals surface area contributed by atoms with Crippen molar-refractivity contribution in [3.63, 3.8) is 0 Å². The third-order valence-corrected chi connectivity index (χ3v) is 1.81. The predicted octanol–water partition coefficient (Wildman–Crippen LogP) is 3.41. The molecular formula is C12H12O. The SMILES string of the molecule is C=CC(=C)c1cccc(C(=C)O)c1. The molecule has 0 amide bonds. The first kappa shape index (κ1) is 9.33. The van der Waals surface area contributed by atoms with Crippen molar-refractivity contribution in [2.45, 2.75) is 0 Å². The molecule has 0 aliphatic heterocycles. The Morgan fingerprint density at radius 2 is 1.85 bits per heavy atom. The van der Waals surface area contributed by atoms with E-state index in [4.69, 9.17) is 5.11 Å². The summed E-state index contributed by atoms with van der Waals surface area (Å²) in [6.45, 7) is 10.9. The summed E-state index contributed by atoms with van der Waals surface area (Å²) in [6.07, 6.45) is 1.68. The Morgan fingerprint density at radius 3 is 2.38 bits per heavy atom. The van der Waals surface area contributed by atoms with Crippen molar-refractivity contribution < 1.29 is 5.11 Å². The minimum Gasteiger partial charge on any atom is -0.508 e. The van der Waals surface area contributed by atoms with Gasteiger partial charge in [-0.2, -0.15) is 0 Å². The lowest BCUT2D eigenvalue weighted by molar-refractivity contribution is 0.514. The van der Waals surface area contributed by atoms with Crippen LogP contribution in [0.5, 0.6) is 0 Å². The third-order valence-electron chi connectivity index (χ3n) is 1.81. The second-order valence-electron chi connectivity index (χ2n) is 2.76. The van der Waals surface area contributed by atoms with Crippen LogP contribution in [0, 0.1) is 0 Å². The first-order valence-electron chi connectivity index (χ1n) is 3.95. The van der Waals surface area contributed by atoms with E-state index < -0.39 is 0 Å². The van der Waals surface area contributed by atoms with E-state index in [2.05, 4.69) is 19.7 Å². The summed E-state index contributed by atoms with van der Waals surface area (Å²) < 4.78 is 0. The summed E-state index contributed by atoms with van der Waals surface area (Å²) in [4.78, 5) is 0. The van der Waals surface area contributed by atoms with E-state index >= 15 is 0 Å². The highest BCUT2D eigenvalue weighted by atomic mass is 16.3. The highest BCUT2D eigenvalue weighted by Crippen LogP contribution is 2.17. The first-order valence-corrected chi connectivity index (χ1v) is 3.95. The standard InChI is InChI=1S/C12H12O/c1-4-9(2)11-6-5-7-12(8-11)10(3)13/h4-8,13H,1-3H2. The van der Waals surface area contributed by atoms with Gasteiger partial charge in [0.15, 0.2) is 0 Å². The lowest BCUT2D eigenvalue weighted by Crippen LogP contribution is -1.84. The maximum Gasteiger partial charge on any atom is 0.115 e. The largest absolute Gasteiger partial charge is 0.508 e. The van der Waals surface area contributed by atoms with Crippen LogP contribution in [0.15, 0.2) is 50.1 Å². The number of rotatable bonds is 3. The molecule has 0 aliphatic rings. The van der Waals surface area contributed by atoms with Gasteiger partial charge in [0.1, 0.15) is 5.76 Å². The third kappa shape index (κ3) is 2.09. The zero-order valence-electron chi connectivity index (χ0n) is 7.46. The molecule has 0 bridgehead atoms. The fraction of sp³-hybridized carbons (Fsp3) is 0. The van der Waals surface area contributed by atoms with Gasteiger partial charge in [-0.05, 0) is 17.2 Å². The Kier molecular flexibility index (Phi) is 2.70. The average molecular weight is 172 g/mol. The van der Waals surface area contributed by atoms with Gasteiger partial charge in [-0.15, -0.1) is 0 Å². The minimum absolute atomic E-state index is 0.0683. The number of benzene rings is 1. The molecule has 1 N–H and O–H groups in total. The molecule has 0 saturated carbocycles. The normalized spacial score (nSPS) is 9.23. The monoisotopic (exact) mass is 172 g/mol. The molecule has 0 fully saturated rings. The van der Waals surface area contributed by atoms with Gasteiger partial charge >= 0.3 is 0 Å². The van der Waals surface area contributed by atoms with E-state index in [0.717, 1.165) is 11.1 Å². The van der Waals surface area contributed by atoms with E-state index in [1.165, 1.54) is 0 Å². The Hall–Kier alpha value is -1.76. The molecule has 1 nitrogen and oxygen atoms in total. The van der Waals surface area contributed by atoms with E-state index in [-0.39, 0.29) is 5.76 Å². The molecule has 1 aromatic carbocycles. The predicted molar refractivity (Wildman–Crippen MR) is 57.3 cm³/mol. The van der Waals surface area contributed by atoms with E-state index in [1.54, 1.807) is 12.1 Å². The van der Waals surface area contributed by atoms with Crippen molar-refractivity contribution >= 4 is 11.3 Å². The maximum atomic E-state index is 9.15. The highest BCUT2D eigenvalue weighted by Gasteiger charge is 1.98. The van der Waals surface area contributed by atoms with Gasteiger partial charge < -0.3 is 5.11 Å². The molecule has 0 spiro atoms. The molecule has 0 atom stereocenters. The van der Waals surface area contributed by atoms with Crippen LogP contribution >= 0.6 is 0 Å². The van der Waals surface area contributed by atoms with Gasteiger partial charge in [0.25, 0.3) is 0 Å². The summed E-state index contributed by atoms with van der Waals surface area (Å²) in [5.74, 6) is 0.0683. The molecule has 0 unspecified atom stereocenters. The Morgan fingerprint density at radius 1 is 1.23 bits per heavy atom. The summed E-state index contributed by atoms with van der Waals surface area (Å²) in [6, 6.07) is 7.38. The number of hydrogen-bond donors (Lipinski definition) is 1. The van der Waals surface area contributed by atoms with Crippen molar-refractivity contribution in [3.8, 4) is 0 Å². The Balaban J connectivity index is 3.12. The van der Waals surface area contributed by atoms with Crippen molar-refractivity contribution in [2.24, 2.45) is 0 Å². The van der Waals surface area contributed by atoms with Crippen molar-refractivity contribution in [3.05, 3.63) is 61.2 Å². The van der Waals surface area contributed by atoms with E-state index in [1.807, 2.05) is 18.2 Å². The van der Waals surface area contributed by atoms with Crippen LogP contribution in [0.4, 0.5) is 0 Å². The molecule has 66 valence electrons. The van der Waals surface area contributed by atoms with Crippen molar-refractivity contribution in [1.82, 2.24) is 0 Å². The molecule has 0 radical (unpaired) electrons. The molecular weight excluding hydrogens is 160 g/mol. The second kappa shape index (κ2) is 3.76.